The first-order valence-electron chi connectivity index (χ1n) is 5.62. The van der Waals surface area contributed by atoms with Gasteiger partial charge in [-0.25, -0.2) is 4.98 Å². The second-order valence-electron chi connectivity index (χ2n) is 4.06. The number of hydrogen-bond acceptors (Lipinski definition) is 2. The summed E-state index contributed by atoms with van der Waals surface area (Å²) in [5.74, 6) is 0. The highest BCUT2D eigenvalue weighted by atomic mass is 35.5. The summed E-state index contributed by atoms with van der Waals surface area (Å²) in [4.78, 5) is 4.03. The molecule has 0 fully saturated rings. The highest BCUT2D eigenvalue weighted by Crippen LogP contribution is 2.33. The van der Waals surface area contributed by atoms with Crippen LogP contribution in [0.15, 0.2) is 36.4 Å². The van der Waals surface area contributed by atoms with Gasteiger partial charge in [0.2, 0.25) is 0 Å². The van der Waals surface area contributed by atoms with Gasteiger partial charge in [-0.15, -0.1) is 0 Å². The average molecular weight is 297 g/mol. The number of aromatic nitrogens is 1. The van der Waals surface area contributed by atoms with Crippen molar-refractivity contribution in [3.8, 4) is 17.3 Å². The minimum absolute atomic E-state index is 0.0513. The Morgan fingerprint density at radius 2 is 1.95 bits per heavy atom. The Labute approximate surface area is 118 Å². The van der Waals surface area contributed by atoms with Gasteiger partial charge in [0, 0.05) is 5.56 Å². The zero-order valence-electron chi connectivity index (χ0n) is 10.1. The molecule has 1 heterocycles. The van der Waals surface area contributed by atoms with Crippen LogP contribution in [0.2, 0.25) is 5.15 Å². The normalized spacial score (nSPS) is 11.2. The van der Waals surface area contributed by atoms with Crippen molar-refractivity contribution in [1.82, 2.24) is 4.98 Å². The van der Waals surface area contributed by atoms with Gasteiger partial charge in [0.05, 0.1) is 23.7 Å². The second kappa shape index (κ2) is 5.51. The zero-order valence-corrected chi connectivity index (χ0v) is 10.8. The predicted molar refractivity (Wildman–Crippen MR) is 69.0 cm³/mol. The number of nitriles is 1. The minimum Gasteiger partial charge on any atom is -0.236 e. The molecule has 0 aliphatic heterocycles. The van der Waals surface area contributed by atoms with E-state index in [0.717, 1.165) is 12.1 Å². The molecule has 0 bridgehead atoms. The smallest absolute Gasteiger partial charge is 0.236 e. The van der Waals surface area contributed by atoms with Crippen molar-refractivity contribution in [2.45, 2.75) is 12.6 Å². The summed E-state index contributed by atoms with van der Waals surface area (Å²) >= 11 is 5.78. The maximum Gasteiger partial charge on any atom is 0.416 e. The lowest BCUT2D eigenvalue weighted by Crippen LogP contribution is -2.05. The van der Waals surface area contributed by atoms with Gasteiger partial charge in [-0.2, -0.15) is 18.4 Å². The highest BCUT2D eigenvalue weighted by molar-refractivity contribution is 6.29. The molecule has 2 rings (SSSR count). The fourth-order valence-corrected chi connectivity index (χ4v) is 1.93. The molecule has 20 heavy (non-hydrogen) atoms. The van der Waals surface area contributed by atoms with Crippen molar-refractivity contribution in [2.75, 3.05) is 0 Å². The van der Waals surface area contributed by atoms with Crippen molar-refractivity contribution in [3.63, 3.8) is 0 Å². The summed E-state index contributed by atoms with van der Waals surface area (Å²) in [6, 6.07) is 9.84. The molecular weight excluding hydrogens is 289 g/mol. The number of pyridine rings is 1. The molecule has 0 radical (unpaired) electrons. The van der Waals surface area contributed by atoms with Gasteiger partial charge >= 0.3 is 6.18 Å². The van der Waals surface area contributed by atoms with Gasteiger partial charge in [-0.3, -0.25) is 0 Å². The van der Waals surface area contributed by atoms with E-state index in [2.05, 4.69) is 4.98 Å². The maximum atomic E-state index is 12.7. The monoisotopic (exact) mass is 296 g/mol. The van der Waals surface area contributed by atoms with Crippen molar-refractivity contribution in [1.29, 1.82) is 5.26 Å². The van der Waals surface area contributed by atoms with E-state index in [-0.39, 0.29) is 17.1 Å². The Morgan fingerprint density at radius 1 is 1.20 bits per heavy atom. The lowest BCUT2D eigenvalue weighted by atomic mass is 10.0. The molecule has 1 aromatic carbocycles. The van der Waals surface area contributed by atoms with Crippen molar-refractivity contribution >= 4 is 11.6 Å². The molecule has 0 spiro atoms. The van der Waals surface area contributed by atoms with Crippen molar-refractivity contribution in [2.24, 2.45) is 0 Å². The second-order valence-corrected chi connectivity index (χ2v) is 4.44. The van der Waals surface area contributed by atoms with Gasteiger partial charge in [0.1, 0.15) is 5.15 Å². The van der Waals surface area contributed by atoms with Gasteiger partial charge in [0.25, 0.3) is 0 Å². The largest absolute Gasteiger partial charge is 0.416 e. The van der Waals surface area contributed by atoms with E-state index in [1.165, 1.54) is 18.2 Å². The number of benzene rings is 1. The van der Waals surface area contributed by atoms with Crippen LogP contribution < -0.4 is 0 Å². The molecule has 102 valence electrons. The fourth-order valence-electron chi connectivity index (χ4n) is 1.78. The number of alkyl halides is 3. The van der Waals surface area contributed by atoms with Crippen LogP contribution in [0.1, 0.15) is 11.1 Å². The summed E-state index contributed by atoms with van der Waals surface area (Å²) in [5.41, 5.74) is 0.355. The number of rotatable bonds is 2. The SMILES string of the molecule is N#CCc1ccc(Cl)nc1-c1cccc(C(F)(F)F)c1. The number of halogens is 4. The van der Waals surface area contributed by atoms with Crippen LogP contribution >= 0.6 is 11.6 Å². The third-order valence-corrected chi connectivity index (χ3v) is 2.89. The highest BCUT2D eigenvalue weighted by Gasteiger charge is 2.30. The van der Waals surface area contributed by atoms with E-state index in [4.69, 9.17) is 16.9 Å². The van der Waals surface area contributed by atoms with E-state index in [1.54, 1.807) is 6.07 Å². The zero-order chi connectivity index (χ0) is 14.8. The molecule has 0 unspecified atom stereocenters. The van der Waals surface area contributed by atoms with Crippen LogP contribution in [0.4, 0.5) is 13.2 Å². The molecule has 2 nitrogen and oxygen atoms in total. The Hall–Kier alpha value is -2.06. The van der Waals surface area contributed by atoms with Crippen LogP contribution in [0.3, 0.4) is 0 Å². The molecule has 2 aromatic rings. The van der Waals surface area contributed by atoms with Crippen molar-refractivity contribution in [3.05, 3.63) is 52.7 Å². The maximum absolute atomic E-state index is 12.7. The number of hydrogen-bond donors (Lipinski definition) is 0. The summed E-state index contributed by atoms with van der Waals surface area (Å²) in [5, 5.41) is 8.92. The predicted octanol–water partition coefficient (Wildman–Crippen LogP) is 4.49. The van der Waals surface area contributed by atoms with E-state index < -0.39 is 11.7 Å². The van der Waals surface area contributed by atoms with E-state index >= 15 is 0 Å². The average Bonchev–Trinajstić information content (AvgIpc) is 2.40. The Morgan fingerprint density at radius 3 is 2.60 bits per heavy atom. The van der Waals surface area contributed by atoms with Gasteiger partial charge in [-0.05, 0) is 23.8 Å². The van der Waals surface area contributed by atoms with Crippen molar-refractivity contribution < 1.29 is 13.2 Å². The molecular formula is C14H8ClF3N2. The van der Waals surface area contributed by atoms with Gasteiger partial charge in [-0.1, -0.05) is 29.8 Å². The van der Waals surface area contributed by atoms with Crippen LogP contribution in [-0.2, 0) is 12.6 Å². The molecule has 6 heteroatoms. The summed E-state index contributed by atoms with van der Waals surface area (Å²) in [6.07, 6.45) is -4.38. The van der Waals surface area contributed by atoms with Gasteiger partial charge in [0.15, 0.2) is 0 Å². The molecule has 0 saturated heterocycles. The minimum atomic E-state index is -4.43. The summed E-state index contributed by atoms with van der Waals surface area (Å²) in [7, 11) is 0. The molecule has 0 N–H and O–H groups in total. The molecule has 0 atom stereocenters. The first-order chi connectivity index (χ1) is 9.41. The van der Waals surface area contributed by atoms with E-state index in [9.17, 15) is 13.2 Å². The van der Waals surface area contributed by atoms with E-state index in [1.807, 2.05) is 6.07 Å². The van der Waals surface area contributed by atoms with Crippen LogP contribution in [0, 0.1) is 11.3 Å². The first-order valence-corrected chi connectivity index (χ1v) is 5.99. The topological polar surface area (TPSA) is 36.7 Å². The Balaban J connectivity index is 2.57. The molecule has 0 aliphatic rings. The Kier molecular flexibility index (Phi) is 3.96. The summed E-state index contributed by atoms with van der Waals surface area (Å²) < 4.78 is 38.1. The van der Waals surface area contributed by atoms with Crippen LogP contribution in [0.5, 0.6) is 0 Å². The van der Waals surface area contributed by atoms with Gasteiger partial charge < -0.3 is 0 Å². The third kappa shape index (κ3) is 3.09. The molecule has 0 amide bonds. The molecule has 0 saturated carbocycles. The quantitative estimate of drug-likeness (QED) is 0.766. The standard InChI is InChI=1S/C14H8ClF3N2/c15-12-5-4-9(6-7-19)13(20-12)10-2-1-3-11(8-10)14(16,17)18/h1-5,8H,6H2. The lowest BCUT2D eigenvalue weighted by Gasteiger charge is -2.10. The fraction of sp³-hybridized carbons (Fsp3) is 0.143. The molecule has 1 aromatic heterocycles. The lowest BCUT2D eigenvalue weighted by molar-refractivity contribution is -0.137. The number of nitrogens with zero attached hydrogens (tertiary/aromatic N) is 2. The third-order valence-electron chi connectivity index (χ3n) is 2.68. The Bertz CT molecular complexity index is 675. The summed E-state index contributed by atoms with van der Waals surface area (Å²) in [6.45, 7) is 0. The van der Waals surface area contributed by atoms with Crippen LogP contribution in [-0.4, -0.2) is 4.98 Å². The molecule has 0 aliphatic carbocycles. The first kappa shape index (κ1) is 14.4. The van der Waals surface area contributed by atoms with Crippen LogP contribution in [0.25, 0.3) is 11.3 Å². The van der Waals surface area contributed by atoms with E-state index in [0.29, 0.717) is 11.3 Å².